The summed E-state index contributed by atoms with van der Waals surface area (Å²) in [5, 5.41) is 5.33. The predicted molar refractivity (Wildman–Crippen MR) is 105 cm³/mol. The van der Waals surface area contributed by atoms with Crippen LogP contribution in [0.3, 0.4) is 0 Å². The van der Waals surface area contributed by atoms with E-state index in [4.69, 9.17) is 0 Å². The van der Waals surface area contributed by atoms with Crippen LogP contribution in [0.2, 0.25) is 0 Å². The van der Waals surface area contributed by atoms with Gasteiger partial charge in [-0.15, -0.1) is 0 Å². The topological polar surface area (TPSA) is 81.8 Å². The second kappa shape index (κ2) is 7.71. The van der Waals surface area contributed by atoms with Crippen LogP contribution >= 0.6 is 0 Å². The monoisotopic (exact) mass is 378 g/mol. The first-order valence-electron chi connectivity index (χ1n) is 8.87. The van der Waals surface area contributed by atoms with Gasteiger partial charge in [0.1, 0.15) is 0 Å². The van der Waals surface area contributed by atoms with E-state index in [1.807, 2.05) is 25.1 Å². The number of imide groups is 2. The summed E-state index contributed by atoms with van der Waals surface area (Å²) >= 11 is 0. The number of benzene rings is 1. The molecule has 1 fully saturated rings. The molecule has 1 aromatic rings. The second-order valence-electron chi connectivity index (χ2n) is 6.97. The largest absolute Gasteiger partial charge is 0.388 e. The molecule has 4 amide bonds. The zero-order valence-electron chi connectivity index (χ0n) is 16.1. The summed E-state index contributed by atoms with van der Waals surface area (Å²) in [4.78, 5) is 41.4. The van der Waals surface area contributed by atoms with Crippen LogP contribution in [0.4, 0.5) is 4.79 Å². The highest BCUT2D eigenvalue weighted by atomic mass is 16.2. The first kappa shape index (κ1) is 19.4. The molecule has 1 unspecified atom stereocenters. The summed E-state index contributed by atoms with van der Waals surface area (Å²) in [5.74, 6) is 5.05. The van der Waals surface area contributed by atoms with E-state index in [0.29, 0.717) is 23.2 Å². The molecule has 2 aliphatic heterocycles. The van der Waals surface area contributed by atoms with Crippen molar-refractivity contribution >= 4 is 17.8 Å². The smallest absolute Gasteiger partial charge is 0.332 e. The van der Waals surface area contributed by atoms with Crippen LogP contribution in [-0.4, -0.2) is 54.8 Å². The maximum atomic E-state index is 12.9. The van der Waals surface area contributed by atoms with Crippen LogP contribution in [-0.2, 0) is 15.1 Å². The molecule has 0 aromatic heterocycles. The van der Waals surface area contributed by atoms with Gasteiger partial charge in [-0.2, -0.15) is 0 Å². The van der Waals surface area contributed by atoms with Gasteiger partial charge in [0.05, 0.1) is 13.1 Å². The molecule has 0 saturated carbocycles. The van der Waals surface area contributed by atoms with Gasteiger partial charge in [-0.1, -0.05) is 30.0 Å². The lowest BCUT2D eigenvalue weighted by Crippen LogP contribution is -2.55. The van der Waals surface area contributed by atoms with Gasteiger partial charge in [-0.25, -0.2) is 9.69 Å². The summed E-state index contributed by atoms with van der Waals surface area (Å²) in [6, 6.07) is 6.36. The summed E-state index contributed by atoms with van der Waals surface area (Å²) < 4.78 is 0. The number of rotatable bonds is 2. The fraction of sp³-hybridized carbons (Fsp3) is 0.286. The summed E-state index contributed by atoms with van der Waals surface area (Å²) in [6.45, 7) is 2.26. The van der Waals surface area contributed by atoms with E-state index >= 15 is 0 Å². The summed E-state index contributed by atoms with van der Waals surface area (Å²) in [6.07, 6.45) is 4.93. The number of allylic oxidation sites excluding steroid dienone is 2. The van der Waals surface area contributed by atoms with Crippen LogP contribution in [0.15, 0.2) is 48.2 Å². The molecule has 3 rings (SSSR count). The first-order valence-corrected chi connectivity index (χ1v) is 8.87. The molecule has 1 saturated heterocycles. The summed E-state index contributed by atoms with van der Waals surface area (Å²) in [5.41, 5.74) is 0.0977. The van der Waals surface area contributed by atoms with Crippen molar-refractivity contribution in [1.29, 1.82) is 0 Å². The molecule has 2 heterocycles. The van der Waals surface area contributed by atoms with E-state index in [2.05, 4.69) is 22.5 Å². The highest BCUT2D eigenvalue weighted by Gasteiger charge is 2.57. The zero-order chi connectivity index (χ0) is 20.3. The third kappa shape index (κ3) is 3.42. The van der Waals surface area contributed by atoms with Gasteiger partial charge in [0.15, 0.2) is 5.54 Å². The average Bonchev–Trinajstić information content (AvgIpc) is 2.93. The molecule has 0 bridgehead atoms. The van der Waals surface area contributed by atoms with Gasteiger partial charge in [0.25, 0.3) is 11.8 Å². The van der Waals surface area contributed by atoms with Crippen LogP contribution in [0.5, 0.6) is 0 Å². The van der Waals surface area contributed by atoms with E-state index in [0.717, 1.165) is 4.90 Å². The SMILES string of the molecule is C/C1=C/C=C\NCC2(c3cccc(C#CCN(C)C)c3)C(=O)NC(=O)N2C1=O. The van der Waals surface area contributed by atoms with E-state index in [-0.39, 0.29) is 6.54 Å². The Balaban J connectivity index is 2.12. The van der Waals surface area contributed by atoms with Gasteiger partial charge in [0.2, 0.25) is 0 Å². The number of hydrogen-bond donors (Lipinski definition) is 2. The lowest BCUT2D eigenvalue weighted by molar-refractivity contribution is -0.136. The number of urea groups is 1. The highest BCUT2D eigenvalue weighted by molar-refractivity contribution is 6.17. The van der Waals surface area contributed by atoms with Gasteiger partial charge >= 0.3 is 6.03 Å². The second-order valence-corrected chi connectivity index (χ2v) is 6.97. The molecule has 144 valence electrons. The molecule has 2 N–H and O–H groups in total. The van der Waals surface area contributed by atoms with E-state index in [1.54, 1.807) is 43.5 Å². The normalized spacial score (nSPS) is 24.6. The van der Waals surface area contributed by atoms with Crippen molar-refractivity contribution in [2.24, 2.45) is 0 Å². The fourth-order valence-corrected chi connectivity index (χ4v) is 3.19. The molecule has 7 heteroatoms. The van der Waals surface area contributed by atoms with Gasteiger partial charge in [-0.3, -0.25) is 19.8 Å². The Morgan fingerprint density at radius 3 is 2.79 bits per heavy atom. The highest BCUT2D eigenvalue weighted by Crippen LogP contribution is 2.35. The Bertz CT molecular complexity index is 952. The standard InChI is InChI=1S/C21H22N4O3/c1-15-7-5-11-22-14-21(19(27)23-20(28)25(21)18(15)26)17-10-4-8-16(13-17)9-6-12-24(2)3/h4-5,7-8,10-11,13,22H,12,14H2,1-3H3,(H,23,27,28)/b11-5-,15-7-. The third-order valence-electron chi connectivity index (χ3n) is 4.61. The Kier molecular flexibility index (Phi) is 5.34. The lowest BCUT2D eigenvalue weighted by Gasteiger charge is -2.34. The maximum Gasteiger partial charge on any atom is 0.332 e. The van der Waals surface area contributed by atoms with Crippen molar-refractivity contribution < 1.29 is 14.4 Å². The Morgan fingerprint density at radius 2 is 2.04 bits per heavy atom. The molecule has 28 heavy (non-hydrogen) atoms. The zero-order valence-corrected chi connectivity index (χ0v) is 16.1. The minimum Gasteiger partial charge on any atom is -0.388 e. The van der Waals surface area contributed by atoms with E-state index in [9.17, 15) is 14.4 Å². The van der Waals surface area contributed by atoms with Crippen molar-refractivity contribution in [3.05, 3.63) is 59.3 Å². The van der Waals surface area contributed by atoms with Crippen molar-refractivity contribution in [3.8, 4) is 11.8 Å². The Hall–Kier alpha value is -3.37. The molecular formula is C21H22N4O3. The van der Waals surface area contributed by atoms with Crippen LogP contribution < -0.4 is 10.6 Å². The number of carbonyl (C=O) groups is 3. The number of amides is 4. The minimum atomic E-state index is -1.49. The fourth-order valence-electron chi connectivity index (χ4n) is 3.19. The van der Waals surface area contributed by atoms with Crippen LogP contribution in [0.1, 0.15) is 18.1 Å². The third-order valence-corrected chi connectivity index (χ3v) is 4.61. The summed E-state index contributed by atoms with van der Waals surface area (Å²) in [7, 11) is 3.85. The Labute approximate surface area is 164 Å². The van der Waals surface area contributed by atoms with Crippen molar-refractivity contribution in [2.75, 3.05) is 27.2 Å². The van der Waals surface area contributed by atoms with Gasteiger partial charge in [0, 0.05) is 11.1 Å². The maximum absolute atomic E-state index is 12.9. The average molecular weight is 378 g/mol. The quantitative estimate of drug-likeness (QED) is 0.591. The molecule has 1 aromatic carbocycles. The molecule has 1 atom stereocenters. The molecule has 0 aliphatic carbocycles. The molecular weight excluding hydrogens is 356 g/mol. The molecule has 7 nitrogen and oxygen atoms in total. The predicted octanol–water partition coefficient (Wildman–Crippen LogP) is 0.937. The number of hydrogen-bond acceptors (Lipinski definition) is 5. The minimum absolute atomic E-state index is 0.0580. The van der Waals surface area contributed by atoms with Crippen LogP contribution in [0.25, 0.3) is 0 Å². The van der Waals surface area contributed by atoms with E-state index < -0.39 is 23.4 Å². The van der Waals surface area contributed by atoms with E-state index in [1.165, 1.54) is 0 Å². The van der Waals surface area contributed by atoms with Gasteiger partial charge in [-0.05, 0) is 51.0 Å². The lowest BCUT2D eigenvalue weighted by atomic mass is 9.86. The number of nitrogens with zero attached hydrogens (tertiary/aromatic N) is 2. The first-order chi connectivity index (χ1) is 13.4. The van der Waals surface area contributed by atoms with Crippen molar-refractivity contribution in [2.45, 2.75) is 12.5 Å². The Morgan fingerprint density at radius 1 is 1.25 bits per heavy atom. The van der Waals surface area contributed by atoms with Gasteiger partial charge < -0.3 is 5.32 Å². The number of carbonyl (C=O) groups excluding carboxylic acids is 3. The van der Waals surface area contributed by atoms with Crippen molar-refractivity contribution in [1.82, 2.24) is 20.4 Å². The molecule has 0 spiro atoms. The number of nitrogens with one attached hydrogen (secondary N) is 2. The van der Waals surface area contributed by atoms with Crippen LogP contribution in [0, 0.1) is 11.8 Å². The molecule has 0 radical (unpaired) electrons. The molecule has 2 aliphatic rings. The van der Waals surface area contributed by atoms with Crippen molar-refractivity contribution in [3.63, 3.8) is 0 Å². The number of fused-ring (bicyclic) bond motifs is 1.